The third-order valence-electron chi connectivity index (χ3n) is 4.60. The van der Waals surface area contributed by atoms with Crippen molar-refractivity contribution in [1.82, 2.24) is 20.2 Å². The summed E-state index contributed by atoms with van der Waals surface area (Å²) in [6.07, 6.45) is 6.14. The minimum atomic E-state index is -0.482. The van der Waals surface area contributed by atoms with E-state index >= 15 is 0 Å². The van der Waals surface area contributed by atoms with Gasteiger partial charge in [0.15, 0.2) is 0 Å². The number of carbonyl (C=O) groups is 1. The summed E-state index contributed by atoms with van der Waals surface area (Å²) in [6, 6.07) is 5.97. The van der Waals surface area contributed by atoms with Gasteiger partial charge in [0.25, 0.3) is 0 Å². The van der Waals surface area contributed by atoms with E-state index in [4.69, 9.17) is 10.1 Å². The van der Waals surface area contributed by atoms with Crippen LogP contribution in [0.5, 0.6) is 0 Å². The lowest BCUT2D eigenvalue weighted by Gasteiger charge is -2.33. The van der Waals surface area contributed by atoms with Gasteiger partial charge in [-0.25, -0.2) is 9.78 Å². The lowest BCUT2D eigenvalue weighted by Crippen LogP contribution is -2.45. The first-order valence-electron chi connectivity index (χ1n) is 9.63. The molecule has 3 rings (SSSR count). The van der Waals surface area contributed by atoms with Crippen LogP contribution < -0.4 is 5.32 Å². The Balaban J connectivity index is 1.63. The monoisotopic (exact) mass is 459 g/mol. The van der Waals surface area contributed by atoms with Gasteiger partial charge in [-0.05, 0) is 61.7 Å². The van der Waals surface area contributed by atoms with E-state index in [1.165, 1.54) is 6.21 Å². The second kappa shape index (κ2) is 8.90. The minimum absolute atomic E-state index is 0.226. The molecule has 0 bridgehead atoms. The zero-order chi connectivity index (χ0) is 21.0. The van der Waals surface area contributed by atoms with Crippen LogP contribution in [-0.4, -0.2) is 51.9 Å². The van der Waals surface area contributed by atoms with Crippen molar-refractivity contribution in [3.05, 3.63) is 40.8 Å². The van der Waals surface area contributed by atoms with E-state index in [0.29, 0.717) is 24.4 Å². The van der Waals surface area contributed by atoms with Crippen molar-refractivity contribution < 1.29 is 9.53 Å². The zero-order valence-electron chi connectivity index (χ0n) is 16.9. The molecule has 7 nitrogen and oxygen atoms in total. The predicted molar refractivity (Wildman–Crippen MR) is 118 cm³/mol. The molecular formula is C21H26BrN5O2. The van der Waals surface area contributed by atoms with Gasteiger partial charge >= 0.3 is 6.09 Å². The molecule has 2 N–H and O–H groups in total. The van der Waals surface area contributed by atoms with Crippen LogP contribution in [0.4, 0.5) is 4.79 Å². The average Bonchev–Trinajstić information content (AvgIpc) is 2.68. The van der Waals surface area contributed by atoms with E-state index in [1.807, 2.05) is 45.2 Å². The number of benzene rings is 1. The molecule has 2 heterocycles. The molecule has 1 saturated heterocycles. The van der Waals surface area contributed by atoms with E-state index in [2.05, 4.69) is 31.2 Å². The molecule has 0 aliphatic carbocycles. The maximum atomic E-state index is 12.2. The van der Waals surface area contributed by atoms with Gasteiger partial charge in [-0.2, -0.15) is 0 Å². The molecule has 0 spiro atoms. The first kappa shape index (κ1) is 21.2. The quantitative estimate of drug-likeness (QED) is 0.662. The third kappa shape index (κ3) is 5.53. The summed E-state index contributed by atoms with van der Waals surface area (Å²) in [5, 5.41) is 11.1. The molecule has 0 radical (unpaired) electrons. The van der Waals surface area contributed by atoms with Gasteiger partial charge in [-0.15, -0.1) is 0 Å². The molecular weight excluding hydrogens is 434 g/mol. The number of halogens is 1. The summed E-state index contributed by atoms with van der Waals surface area (Å²) in [4.78, 5) is 23.0. The number of nitrogens with zero attached hydrogens (tertiary/aromatic N) is 3. The van der Waals surface area contributed by atoms with Gasteiger partial charge < -0.3 is 20.4 Å². The maximum absolute atomic E-state index is 12.2. The number of carbonyl (C=O) groups excluding carboxylic acids is 1. The number of hydrogen-bond acceptors (Lipinski definition) is 6. The molecule has 2 aromatic rings. The van der Waals surface area contributed by atoms with Crippen LogP contribution >= 0.6 is 15.9 Å². The van der Waals surface area contributed by atoms with Crippen molar-refractivity contribution in [3.63, 3.8) is 0 Å². The summed E-state index contributed by atoms with van der Waals surface area (Å²) in [5.41, 5.74) is 2.38. The third-order valence-corrected chi connectivity index (χ3v) is 5.24. The zero-order valence-corrected chi connectivity index (χ0v) is 18.5. The van der Waals surface area contributed by atoms with Gasteiger partial charge in [0.2, 0.25) is 0 Å². The molecule has 0 saturated carbocycles. The number of piperidine rings is 1. The number of ether oxygens (including phenoxy) is 1. The fourth-order valence-corrected chi connectivity index (χ4v) is 3.53. The highest BCUT2D eigenvalue weighted by Crippen LogP contribution is 2.22. The van der Waals surface area contributed by atoms with Crippen molar-refractivity contribution >= 4 is 44.8 Å². The summed E-state index contributed by atoms with van der Waals surface area (Å²) < 4.78 is 6.31. The molecule has 0 unspecified atom stereocenters. The van der Waals surface area contributed by atoms with Gasteiger partial charge in [0, 0.05) is 41.6 Å². The van der Waals surface area contributed by atoms with Crippen LogP contribution in [0, 0.1) is 5.41 Å². The highest BCUT2D eigenvalue weighted by atomic mass is 79.9. The largest absolute Gasteiger partial charge is 0.444 e. The lowest BCUT2D eigenvalue weighted by molar-refractivity contribution is 0.0201. The Hall–Kier alpha value is -2.48. The highest BCUT2D eigenvalue weighted by molar-refractivity contribution is 9.10. The number of rotatable bonds is 4. The minimum Gasteiger partial charge on any atom is -0.444 e. The summed E-state index contributed by atoms with van der Waals surface area (Å²) in [7, 11) is 0. The number of hydrogen-bond donors (Lipinski definition) is 2. The Labute approximate surface area is 179 Å². The summed E-state index contributed by atoms with van der Waals surface area (Å²) in [5.74, 6) is 0. The Kier molecular flexibility index (Phi) is 6.52. The summed E-state index contributed by atoms with van der Waals surface area (Å²) >= 11 is 3.50. The normalized spacial score (nSPS) is 16.0. The number of amides is 1. The van der Waals surface area contributed by atoms with E-state index in [0.717, 1.165) is 28.3 Å². The molecule has 1 amide bonds. The molecule has 1 aromatic heterocycles. The van der Waals surface area contributed by atoms with Crippen LogP contribution in [0.15, 0.2) is 35.1 Å². The molecule has 1 aliphatic rings. The average molecular weight is 460 g/mol. The van der Waals surface area contributed by atoms with Crippen LogP contribution in [-0.2, 0) is 4.74 Å². The van der Waals surface area contributed by atoms with Gasteiger partial charge in [-0.1, -0.05) is 6.07 Å². The molecule has 1 aliphatic heterocycles. The highest BCUT2D eigenvalue weighted by Gasteiger charge is 2.26. The number of aromatic nitrogens is 2. The van der Waals surface area contributed by atoms with E-state index in [9.17, 15) is 4.79 Å². The Bertz CT molecular complexity index is 930. The Morgan fingerprint density at radius 2 is 2.07 bits per heavy atom. The standard InChI is InChI=1S/C21H26BrN5O2/c1-21(2,3)29-20(28)27-9-7-15(8-10-27)24-12-14(11-23)18-13-25-17-6-4-5-16(22)19(17)26-18/h4-6,11-13,15,23-24H,7-10H2,1-3H3/b14-12+,23-11?. The molecule has 8 heteroatoms. The van der Waals surface area contributed by atoms with Crippen molar-refractivity contribution in [2.75, 3.05) is 13.1 Å². The first-order chi connectivity index (χ1) is 13.8. The van der Waals surface area contributed by atoms with Crippen molar-refractivity contribution in [3.8, 4) is 0 Å². The van der Waals surface area contributed by atoms with E-state index in [-0.39, 0.29) is 12.1 Å². The second-order valence-corrected chi connectivity index (χ2v) is 8.87. The van der Waals surface area contributed by atoms with E-state index < -0.39 is 5.60 Å². The lowest BCUT2D eigenvalue weighted by atomic mass is 10.1. The fraction of sp³-hybridized carbons (Fsp3) is 0.429. The number of likely N-dealkylation sites (tertiary alicyclic amines) is 1. The fourth-order valence-electron chi connectivity index (χ4n) is 3.09. The Morgan fingerprint density at radius 3 is 2.72 bits per heavy atom. The van der Waals surface area contributed by atoms with Crippen molar-refractivity contribution in [1.29, 1.82) is 5.41 Å². The SMILES string of the molecule is CC(C)(C)OC(=O)N1CCC(N/C=C(\C=N)c2cnc3cccc(Br)c3n2)CC1. The number of para-hydroxylation sites is 1. The number of allylic oxidation sites excluding steroid dienone is 1. The van der Waals surface area contributed by atoms with Crippen LogP contribution in [0.2, 0.25) is 0 Å². The second-order valence-electron chi connectivity index (χ2n) is 8.02. The molecule has 154 valence electrons. The molecule has 1 fully saturated rings. The molecule has 0 atom stereocenters. The number of fused-ring (bicyclic) bond motifs is 1. The molecule has 29 heavy (non-hydrogen) atoms. The van der Waals surface area contributed by atoms with Crippen molar-refractivity contribution in [2.45, 2.75) is 45.3 Å². The molecule has 1 aromatic carbocycles. The van der Waals surface area contributed by atoms with E-state index in [1.54, 1.807) is 11.1 Å². The first-order valence-corrected chi connectivity index (χ1v) is 10.4. The van der Waals surface area contributed by atoms with Crippen LogP contribution in [0.1, 0.15) is 39.3 Å². The van der Waals surface area contributed by atoms with Crippen LogP contribution in [0.25, 0.3) is 16.6 Å². The van der Waals surface area contributed by atoms with Crippen LogP contribution in [0.3, 0.4) is 0 Å². The number of nitrogens with one attached hydrogen (secondary N) is 2. The van der Waals surface area contributed by atoms with Gasteiger partial charge in [0.1, 0.15) is 11.1 Å². The topological polar surface area (TPSA) is 91.2 Å². The van der Waals surface area contributed by atoms with Crippen molar-refractivity contribution in [2.24, 2.45) is 0 Å². The predicted octanol–water partition coefficient (Wildman–Crippen LogP) is 4.37. The maximum Gasteiger partial charge on any atom is 0.410 e. The van der Waals surface area contributed by atoms with Gasteiger partial charge in [0.05, 0.1) is 17.4 Å². The summed E-state index contributed by atoms with van der Waals surface area (Å²) in [6.45, 7) is 6.90. The Morgan fingerprint density at radius 1 is 1.34 bits per heavy atom. The smallest absolute Gasteiger partial charge is 0.410 e. The van der Waals surface area contributed by atoms with Gasteiger partial charge in [-0.3, -0.25) is 4.98 Å².